The number of nitrogens with zero attached hydrogens (tertiary/aromatic N) is 3. The van der Waals surface area contributed by atoms with Crippen LogP contribution in [0.4, 0.5) is 17.1 Å². The fraction of sp³-hybridized carbons (Fsp3) is 0.133. The molecular formula is C15H15N3O3. The lowest BCUT2D eigenvalue weighted by Gasteiger charge is -2.12. The van der Waals surface area contributed by atoms with Crippen LogP contribution >= 0.6 is 0 Å². The number of hydrogen-bond donors (Lipinski definition) is 0. The SMILES string of the molecule is CN(C)c1ccc(/[N+]([O-])=C\c2ccccc2[N+](=O)[O-])cc1. The molecular weight excluding hydrogens is 270 g/mol. The average Bonchev–Trinajstić information content (AvgIpc) is 2.47. The predicted octanol–water partition coefficient (Wildman–Crippen LogP) is 2.92. The second-order valence-electron chi connectivity index (χ2n) is 4.68. The molecule has 6 nitrogen and oxygen atoms in total. The van der Waals surface area contributed by atoms with Gasteiger partial charge in [0.15, 0.2) is 6.21 Å². The van der Waals surface area contributed by atoms with Crippen molar-refractivity contribution >= 4 is 23.3 Å². The normalized spacial score (nSPS) is 11.2. The van der Waals surface area contributed by atoms with E-state index in [4.69, 9.17) is 0 Å². The monoisotopic (exact) mass is 285 g/mol. The van der Waals surface area contributed by atoms with Crippen molar-refractivity contribution in [3.63, 3.8) is 0 Å². The van der Waals surface area contributed by atoms with Crippen LogP contribution in [0.1, 0.15) is 5.56 Å². The van der Waals surface area contributed by atoms with Gasteiger partial charge in [-0.1, -0.05) is 12.1 Å². The molecule has 0 saturated heterocycles. The zero-order valence-corrected chi connectivity index (χ0v) is 11.8. The van der Waals surface area contributed by atoms with Crippen molar-refractivity contribution in [2.75, 3.05) is 19.0 Å². The van der Waals surface area contributed by atoms with Gasteiger partial charge < -0.3 is 10.1 Å². The molecule has 108 valence electrons. The Morgan fingerprint density at radius 2 is 1.62 bits per heavy atom. The van der Waals surface area contributed by atoms with Gasteiger partial charge in [0, 0.05) is 38.0 Å². The van der Waals surface area contributed by atoms with E-state index < -0.39 is 4.92 Å². The van der Waals surface area contributed by atoms with Gasteiger partial charge in [-0.3, -0.25) is 10.1 Å². The summed E-state index contributed by atoms with van der Waals surface area (Å²) in [5, 5.41) is 23.0. The van der Waals surface area contributed by atoms with E-state index in [1.807, 2.05) is 31.1 Å². The summed E-state index contributed by atoms with van der Waals surface area (Å²) in [5.41, 5.74) is 1.56. The minimum Gasteiger partial charge on any atom is -0.618 e. The van der Waals surface area contributed by atoms with Crippen LogP contribution in [-0.4, -0.2) is 30.0 Å². The smallest absolute Gasteiger partial charge is 0.282 e. The molecule has 21 heavy (non-hydrogen) atoms. The highest BCUT2D eigenvalue weighted by Gasteiger charge is 2.14. The summed E-state index contributed by atoms with van der Waals surface area (Å²) >= 11 is 0. The van der Waals surface area contributed by atoms with Gasteiger partial charge in [-0.25, -0.2) is 0 Å². The summed E-state index contributed by atoms with van der Waals surface area (Å²) < 4.78 is 0.627. The van der Waals surface area contributed by atoms with Gasteiger partial charge in [0.05, 0.1) is 4.92 Å². The summed E-state index contributed by atoms with van der Waals surface area (Å²) in [6.45, 7) is 0. The third kappa shape index (κ3) is 3.36. The van der Waals surface area contributed by atoms with Gasteiger partial charge in [-0.15, -0.1) is 0 Å². The van der Waals surface area contributed by atoms with Crippen molar-refractivity contribution in [2.24, 2.45) is 0 Å². The standard InChI is InChI=1S/C15H15N3O3/c1-16(2)13-7-9-14(10-8-13)17(19)11-12-5-3-4-6-15(12)18(20)21/h3-11H,1-2H3/b17-11+. The Kier molecular flexibility index (Phi) is 4.18. The van der Waals surface area contributed by atoms with E-state index in [0.717, 1.165) is 5.69 Å². The van der Waals surface area contributed by atoms with E-state index in [0.29, 0.717) is 10.4 Å². The van der Waals surface area contributed by atoms with Crippen molar-refractivity contribution in [2.45, 2.75) is 0 Å². The molecule has 6 heteroatoms. The molecule has 2 rings (SSSR count). The maximum atomic E-state index is 12.1. The van der Waals surface area contributed by atoms with Crippen LogP contribution in [0.25, 0.3) is 0 Å². The van der Waals surface area contributed by atoms with Crippen molar-refractivity contribution in [3.05, 3.63) is 69.4 Å². The highest BCUT2D eigenvalue weighted by Crippen LogP contribution is 2.19. The summed E-state index contributed by atoms with van der Waals surface area (Å²) in [7, 11) is 3.81. The highest BCUT2D eigenvalue weighted by molar-refractivity contribution is 5.82. The Labute approximate surface area is 122 Å². The van der Waals surface area contributed by atoms with Crippen LogP contribution in [-0.2, 0) is 0 Å². The molecule has 0 atom stereocenters. The molecule has 0 unspecified atom stereocenters. The van der Waals surface area contributed by atoms with Crippen molar-refractivity contribution in [3.8, 4) is 0 Å². The zero-order valence-electron chi connectivity index (χ0n) is 11.8. The minimum absolute atomic E-state index is 0.0942. The van der Waals surface area contributed by atoms with Crippen LogP contribution in [0.15, 0.2) is 48.5 Å². The van der Waals surface area contributed by atoms with Crippen LogP contribution < -0.4 is 4.90 Å². The van der Waals surface area contributed by atoms with Crippen molar-refractivity contribution in [1.82, 2.24) is 0 Å². The average molecular weight is 285 g/mol. The molecule has 0 bridgehead atoms. The van der Waals surface area contributed by atoms with E-state index in [9.17, 15) is 15.3 Å². The first-order valence-electron chi connectivity index (χ1n) is 6.31. The van der Waals surface area contributed by atoms with Crippen molar-refractivity contribution in [1.29, 1.82) is 0 Å². The zero-order chi connectivity index (χ0) is 15.4. The lowest BCUT2D eigenvalue weighted by atomic mass is 10.2. The molecule has 2 aromatic rings. The second-order valence-corrected chi connectivity index (χ2v) is 4.68. The largest absolute Gasteiger partial charge is 0.618 e. The Bertz CT molecular complexity index is 679. The predicted molar refractivity (Wildman–Crippen MR) is 82.3 cm³/mol. The summed E-state index contributed by atoms with van der Waals surface area (Å²) in [5.74, 6) is 0. The van der Waals surface area contributed by atoms with Gasteiger partial charge in [0.25, 0.3) is 5.69 Å². The molecule has 0 amide bonds. The molecule has 0 saturated carbocycles. The third-order valence-corrected chi connectivity index (χ3v) is 3.01. The van der Waals surface area contributed by atoms with Gasteiger partial charge in [-0.05, 0) is 18.2 Å². The fourth-order valence-electron chi connectivity index (χ4n) is 1.86. The molecule has 0 fully saturated rings. The Morgan fingerprint density at radius 3 is 2.19 bits per heavy atom. The maximum Gasteiger partial charge on any atom is 0.282 e. The van der Waals surface area contributed by atoms with Crippen LogP contribution in [0.2, 0.25) is 0 Å². The van der Waals surface area contributed by atoms with E-state index in [-0.39, 0.29) is 11.3 Å². The van der Waals surface area contributed by atoms with E-state index in [1.54, 1.807) is 24.3 Å². The first-order valence-corrected chi connectivity index (χ1v) is 6.31. The topological polar surface area (TPSA) is 72.5 Å². The first-order chi connectivity index (χ1) is 9.99. The molecule has 0 aliphatic heterocycles. The lowest BCUT2D eigenvalue weighted by molar-refractivity contribution is -0.386. The maximum absolute atomic E-state index is 12.1. The third-order valence-electron chi connectivity index (χ3n) is 3.01. The molecule has 0 aromatic heterocycles. The molecule has 0 spiro atoms. The molecule has 2 aromatic carbocycles. The van der Waals surface area contributed by atoms with Crippen LogP contribution in [0.5, 0.6) is 0 Å². The van der Waals surface area contributed by atoms with Gasteiger partial charge in [0.2, 0.25) is 5.69 Å². The van der Waals surface area contributed by atoms with E-state index in [1.165, 1.54) is 18.3 Å². The number of rotatable bonds is 4. The quantitative estimate of drug-likeness (QED) is 0.285. The molecule has 0 radical (unpaired) electrons. The molecule has 0 heterocycles. The summed E-state index contributed by atoms with van der Waals surface area (Å²) in [6, 6.07) is 13.1. The number of anilines is 1. The van der Waals surface area contributed by atoms with Gasteiger partial charge in [0.1, 0.15) is 5.56 Å². The minimum atomic E-state index is -0.505. The number of para-hydroxylation sites is 1. The number of nitro groups is 1. The van der Waals surface area contributed by atoms with Gasteiger partial charge >= 0.3 is 0 Å². The number of nitro benzene ring substituents is 1. The number of hydrogen-bond acceptors (Lipinski definition) is 4. The first kappa shape index (κ1) is 14.5. The number of benzene rings is 2. The summed E-state index contributed by atoms with van der Waals surface area (Å²) in [6.07, 6.45) is 1.21. The fourth-order valence-corrected chi connectivity index (χ4v) is 1.86. The Hall–Kier alpha value is -2.89. The van der Waals surface area contributed by atoms with E-state index in [2.05, 4.69) is 0 Å². The molecule has 0 aliphatic carbocycles. The molecule has 0 aliphatic rings. The van der Waals surface area contributed by atoms with Gasteiger partial charge in [-0.2, -0.15) is 4.74 Å². The van der Waals surface area contributed by atoms with E-state index >= 15 is 0 Å². The lowest BCUT2D eigenvalue weighted by Crippen LogP contribution is -2.08. The molecule has 0 N–H and O–H groups in total. The highest BCUT2D eigenvalue weighted by atomic mass is 16.6. The Morgan fingerprint density at radius 1 is 1.00 bits per heavy atom. The summed E-state index contributed by atoms with van der Waals surface area (Å²) in [4.78, 5) is 12.3. The van der Waals surface area contributed by atoms with Crippen LogP contribution in [0.3, 0.4) is 0 Å². The van der Waals surface area contributed by atoms with Crippen LogP contribution in [0, 0.1) is 15.3 Å². The second kappa shape index (κ2) is 6.04. The van der Waals surface area contributed by atoms with Crippen molar-refractivity contribution < 1.29 is 9.66 Å². The Balaban J connectivity index is 2.35.